The Bertz CT molecular complexity index is 512. The lowest BCUT2D eigenvalue weighted by molar-refractivity contribution is 0.254. The molecular weight excluding hydrogens is 437 g/mol. The molecule has 1 heterocycles. The Kier molecular flexibility index (Phi) is 8.79. The van der Waals surface area contributed by atoms with Gasteiger partial charge in [0.1, 0.15) is 0 Å². The van der Waals surface area contributed by atoms with E-state index in [2.05, 4.69) is 43.3 Å². The molecule has 142 valence electrons. The maximum Gasteiger partial charge on any atom is 0.191 e. The van der Waals surface area contributed by atoms with E-state index in [1.54, 1.807) is 0 Å². The van der Waals surface area contributed by atoms with E-state index >= 15 is 0 Å². The molecule has 3 atom stereocenters. The normalized spacial score (nSPS) is 33.1. The van der Waals surface area contributed by atoms with Crippen molar-refractivity contribution in [2.45, 2.75) is 65.5 Å². The summed E-state index contributed by atoms with van der Waals surface area (Å²) >= 11 is 0. The molecule has 0 aromatic carbocycles. The van der Waals surface area contributed by atoms with Crippen LogP contribution in [0.5, 0.6) is 0 Å². The van der Waals surface area contributed by atoms with E-state index in [9.17, 15) is 8.42 Å². The molecule has 1 aliphatic heterocycles. The number of hydrogen-bond acceptors (Lipinski definition) is 3. The van der Waals surface area contributed by atoms with Gasteiger partial charge < -0.3 is 10.6 Å². The van der Waals surface area contributed by atoms with Crippen molar-refractivity contribution in [1.29, 1.82) is 0 Å². The molecule has 3 unspecified atom stereocenters. The fourth-order valence-corrected chi connectivity index (χ4v) is 5.75. The van der Waals surface area contributed by atoms with Gasteiger partial charge in [0.05, 0.1) is 11.5 Å². The van der Waals surface area contributed by atoms with Crippen molar-refractivity contribution in [2.75, 3.05) is 18.1 Å². The Balaban J connectivity index is 0.00000288. The second kappa shape index (κ2) is 9.59. The molecule has 1 aliphatic carbocycles. The quantitative estimate of drug-likeness (QED) is 0.376. The number of sulfone groups is 1. The first-order chi connectivity index (χ1) is 10.7. The zero-order valence-electron chi connectivity index (χ0n) is 15.4. The van der Waals surface area contributed by atoms with E-state index in [1.165, 1.54) is 19.3 Å². The van der Waals surface area contributed by atoms with Crippen molar-refractivity contribution < 1.29 is 8.42 Å². The van der Waals surface area contributed by atoms with Crippen molar-refractivity contribution in [3.05, 3.63) is 0 Å². The first-order valence-corrected chi connectivity index (χ1v) is 10.8. The van der Waals surface area contributed by atoms with Crippen LogP contribution in [0.1, 0.15) is 53.4 Å². The summed E-state index contributed by atoms with van der Waals surface area (Å²) in [5.74, 6) is 3.13. The molecule has 5 nitrogen and oxygen atoms in total. The van der Waals surface area contributed by atoms with Crippen LogP contribution in [0.4, 0.5) is 0 Å². The van der Waals surface area contributed by atoms with Crippen LogP contribution in [0.3, 0.4) is 0 Å². The smallest absolute Gasteiger partial charge is 0.191 e. The van der Waals surface area contributed by atoms with Crippen LogP contribution in [0.25, 0.3) is 0 Å². The molecule has 0 aromatic heterocycles. The average molecular weight is 471 g/mol. The third-order valence-electron chi connectivity index (χ3n) is 4.78. The molecular formula is C17H34IN3O2S. The number of guanidine groups is 1. The summed E-state index contributed by atoms with van der Waals surface area (Å²) in [6.07, 6.45) is 4.42. The topological polar surface area (TPSA) is 70.6 Å². The Labute approximate surface area is 164 Å². The molecule has 0 amide bonds. The van der Waals surface area contributed by atoms with E-state index in [4.69, 9.17) is 0 Å². The van der Waals surface area contributed by atoms with Crippen molar-refractivity contribution >= 4 is 39.8 Å². The van der Waals surface area contributed by atoms with Crippen LogP contribution in [-0.4, -0.2) is 44.5 Å². The maximum atomic E-state index is 11.6. The molecule has 7 heteroatoms. The highest BCUT2D eigenvalue weighted by molar-refractivity contribution is 14.0. The van der Waals surface area contributed by atoms with Crippen molar-refractivity contribution in [2.24, 2.45) is 22.7 Å². The largest absolute Gasteiger partial charge is 0.354 e. The number of aliphatic imine (C=N–C) groups is 1. The average Bonchev–Trinajstić information content (AvgIpc) is 2.74. The van der Waals surface area contributed by atoms with Crippen molar-refractivity contribution in [3.63, 3.8) is 0 Å². The Morgan fingerprint density at radius 2 is 1.79 bits per heavy atom. The van der Waals surface area contributed by atoms with Crippen LogP contribution in [-0.2, 0) is 9.84 Å². The zero-order valence-corrected chi connectivity index (χ0v) is 18.6. The minimum Gasteiger partial charge on any atom is -0.354 e. The first kappa shape index (κ1) is 22.0. The van der Waals surface area contributed by atoms with Crippen LogP contribution in [0.15, 0.2) is 4.99 Å². The van der Waals surface area contributed by atoms with Gasteiger partial charge in [-0.25, -0.2) is 8.42 Å². The molecule has 0 spiro atoms. The van der Waals surface area contributed by atoms with Crippen LogP contribution < -0.4 is 10.6 Å². The van der Waals surface area contributed by atoms with Crippen molar-refractivity contribution in [1.82, 2.24) is 10.6 Å². The molecule has 2 rings (SSSR count). The first-order valence-electron chi connectivity index (χ1n) is 9.01. The molecule has 0 aromatic rings. The summed E-state index contributed by atoms with van der Waals surface area (Å²) in [7, 11) is -2.82. The summed E-state index contributed by atoms with van der Waals surface area (Å²) in [5.41, 5.74) is 0. The predicted molar refractivity (Wildman–Crippen MR) is 112 cm³/mol. The van der Waals surface area contributed by atoms with Crippen LogP contribution >= 0.6 is 24.0 Å². The minimum absolute atomic E-state index is 0. The summed E-state index contributed by atoms with van der Waals surface area (Å²) in [6, 6.07) is 0.776. The van der Waals surface area contributed by atoms with E-state index < -0.39 is 9.84 Å². The highest BCUT2D eigenvalue weighted by Gasteiger charge is 2.28. The number of rotatable bonds is 4. The maximum absolute atomic E-state index is 11.6. The molecule has 0 bridgehead atoms. The zero-order chi connectivity index (χ0) is 17.0. The van der Waals surface area contributed by atoms with E-state index in [-0.39, 0.29) is 29.9 Å². The van der Waals surface area contributed by atoms with Gasteiger partial charge in [-0.1, -0.05) is 13.8 Å². The standard InChI is InChI=1S/C17H33N3O2S.HI/c1-12(2)19-17(18-10-15-5-6-23(21,22)11-15)20-16-8-13(3)7-14(4)9-16;/h12-16H,5-11H2,1-4H3,(H2,18,19,20);1H. The van der Waals surface area contributed by atoms with Gasteiger partial charge in [-0.15, -0.1) is 24.0 Å². The van der Waals surface area contributed by atoms with Gasteiger partial charge in [0.15, 0.2) is 15.8 Å². The van der Waals surface area contributed by atoms with Gasteiger partial charge >= 0.3 is 0 Å². The predicted octanol–water partition coefficient (Wildman–Crippen LogP) is 2.81. The van der Waals surface area contributed by atoms with E-state index in [0.717, 1.165) is 24.2 Å². The number of nitrogens with one attached hydrogen (secondary N) is 2. The Morgan fingerprint density at radius 3 is 2.29 bits per heavy atom. The lowest BCUT2D eigenvalue weighted by atomic mass is 9.80. The van der Waals surface area contributed by atoms with Crippen LogP contribution in [0.2, 0.25) is 0 Å². The van der Waals surface area contributed by atoms with Gasteiger partial charge in [0.25, 0.3) is 0 Å². The summed E-state index contributed by atoms with van der Waals surface area (Å²) in [5, 5.41) is 6.97. The van der Waals surface area contributed by atoms with E-state index in [0.29, 0.717) is 30.1 Å². The summed E-state index contributed by atoms with van der Waals surface area (Å²) in [6.45, 7) is 9.44. The summed E-state index contributed by atoms with van der Waals surface area (Å²) < 4.78 is 23.1. The van der Waals surface area contributed by atoms with Gasteiger partial charge in [-0.2, -0.15) is 0 Å². The fourth-order valence-electron chi connectivity index (χ4n) is 3.90. The molecule has 24 heavy (non-hydrogen) atoms. The molecule has 0 radical (unpaired) electrons. The Hall–Kier alpha value is -0.0500. The fraction of sp³-hybridized carbons (Fsp3) is 0.941. The molecule has 2 fully saturated rings. The van der Waals surface area contributed by atoms with Gasteiger partial charge in [0.2, 0.25) is 0 Å². The molecule has 2 aliphatic rings. The highest BCUT2D eigenvalue weighted by Crippen LogP contribution is 2.28. The van der Waals surface area contributed by atoms with E-state index in [1.807, 2.05) is 0 Å². The number of halogens is 1. The third-order valence-corrected chi connectivity index (χ3v) is 6.62. The van der Waals surface area contributed by atoms with Gasteiger partial charge in [-0.3, -0.25) is 4.99 Å². The lowest BCUT2D eigenvalue weighted by Gasteiger charge is -2.33. The molecule has 2 N–H and O–H groups in total. The van der Waals surface area contributed by atoms with Gasteiger partial charge in [-0.05, 0) is 57.3 Å². The summed E-state index contributed by atoms with van der Waals surface area (Å²) in [4.78, 5) is 4.69. The lowest BCUT2D eigenvalue weighted by Crippen LogP contribution is -2.48. The van der Waals surface area contributed by atoms with Crippen LogP contribution in [0, 0.1) is 17.8 Å². The second-order valence-corrected chi connectivity index (χ2v) is 10.2. The van der Waals surface area contributed by atoms with Gasteiger partial charge in [0, 0.05) is 18.6 Å². The highest BCUT2D eigenvalue weighted by atomic mass is 127. The monoisotopic (exact) mass is 471 g/mol. The Morgan fingerprint density at radius 1 is 1.17 bits per heavy atom. The molecule has 1 saturated heterocycles. The SMILES string of the molecule is CC1CC(C)CC(NC(=NCC2CCS(=O)(=O)C2)NC(C)C)C1.I. The van der Waals surface area contributed by atoms with Crippen molar-refractivity contribution in [3.8, 4) is 0 Å². The molecule has 1 saturated carbocycles. The second-order valence-electron chi connectivity index (χ2n) is 8.02. The number of hydrogen-bond donors (Lipinski definition) is 2. The minimum atomic E-state index is -2.82. The number of nitrogens with zero attached hydrogens (tertiary/aromatic N) is 1. The third kappa shape index (κ3) is 7.45.